The Morgan fingerprint density at radius 3 is 2.80 bits per heavy atom. The maximum Gasteiger partial charge on any atom is 0.117 e. The van der Waals surface area contributed by atoms with Crippen LogP contribution in [0.1, 0.15) is 51.7 Å². The summed E-state index contributed by atoms with van der Waals surface area (Å²) in [5.74, 6) is 1.78. The lowest BCUT2D eigenvalue weighted by molar-refractivity contribution is 0.0267. The second kappa shape index (κ2) is 5.90. The van der Waals surface area contributed by atoms with Crippen molar-refractivity contribution in [2.45, 2.75) is 64.1 Å². The first-order valence-corrected chi connectivity index (χ1v) is 8.20. The first-order valence-electron chi connectivity index (χ1n) is 8.20. The van der Waals surface area contributed by atoms with Gasteiger partial charge < -0.3 is 9.73 Å². The fourth-order valence-electron chi connectivity index (χ4n) is 4.01. The Kier molecular flexibility index (Phi) is 4.18. The number of rotatable bonds is 3. The molecular formula is C17H28N2O. The van der Waals surface area contributed by atoms with Crippen molar-refractivity contribution in [1.29, 1.82) is 0 Å². The summed E-state index contributed by atoms with van der Waals surface area (Å²) in [4.78, 5) is 2.66. The minimum Gasteiger partial charge on any atom is -0.468 e. The summed E-state index contributed by atoms with van der Waals surface area (Å²) in [7, 11) is 0. The quantitative estimate of drug-likeness (QED) is 0.917. The minimum absolute atomic E-state index is 0.371. The van der Waals surface area contributed by atoms with Gasteiger partial charge in [-0.05, 0) is 30.9 Å². The minimum atomic E-state index is 0.371. The van der Waals surface area contributed by atoms with Crippen LogP contribution in [0.5, 0.6) is 0 Å². The summed E-state index contributed by atoms with van der Waals surface area (Å²) < 4.78 is 5.58. The first-order chi connectivity index (χ1) is 9.69. The third-order valence-electron chi connectivity index (χ3n) is 5.18. The van der Waals surface area contributed by atoms with Crippen molar-refractivity contribution in [3.05, 3.63) is 24.2 Å². The molecule has 0 bridgehead atoms. The smallest absolute Gasteiger partial charge is 0.117 e. The van der Waals surface area contributed by atoms with Gasteiger partial charge in [-0.1, -0.05) is 33.1 Å². The lowest BCUT2D eigenvalue weighted by Gasteiger charge is -2.50. The summed E-state index contributed by atoms with van der Waals surface area (Å²) in [6.07, 6.45) is 8.65. The molecule has 2 heterocycles. The highest BCUT2D eigenvalue weighted by Crippen LogP contribution is 2.33. The number of piperazine rings is 1. The van der Waals surface area contributed by atoms with Gasteiger partial charge in [0.1, 0.15) is 5.76 Å². The van der Waals surface area contributed by atoms with Crippen LogP contribution in [-0.4, -0.2) is 29.6 Å². The van der Waals surface area contributed by atoms with Crippen LogP contribution < -0.4 is 5.32 Å². The Morgan fingerprint density at radius 1 is 1.35 bits per heavy atom. The maximum absolute atomic E-state index is 5.58. The zero-order valence-electron chi connectivity index (χ0n) is 12.9. The SMILES string of the molecule is CC(C)C1CNC2(CCCCC2)CN1Cc1ccco1. The molecule has 1 saturated carbocycles. The normalized spacial score (nSPS) is 27.2. The molecule has 0 aromatic carbocycles. The van der Waals surface area contributed by atoms with E-state index in [-0.39, 0.29) is 0 Å². The van der Waals surface area contributed by atoms with Gasteiger partial charge in [-0.3, -0.25) is 4.90 Å². The standard InChI is InChI=1S/C17H28N2O/c1-14(2)16-11-18-17(8-4-3-5-9-17)13-19(16)12-15-7-6-10-20-15/h6-7,10,14,16,18H,3-5,8-9,11-13H2,1-2H3. The molecule has 1 aromatic heterocycles. The highest BCUT2D eigenvalue weighted by atomic mass is 16.3. The first kappa shape index (κ1) is 14.2. The van der Waals surface area contributed by atoms with Crippen molar-refractivity contribution in [2.24, 2.45) is 5.92 Å². The molecule has 0 amide bonds. The predicted molar refractivity (Wildman–Crippen MR) is 81.6 cm³/mol. The molecule has 1 N–H and O–H groups in total. The monoisotopic (exact) mass is 276 g/mol. The van der Waals surface area contributed by atoms with Gasteiger partial charge in [0, 0.05) is 24.7 Å². The number of nitrogens with zero attached hydrogens (tertiary/aromatic N) is 1. The Hall–Kier alpha value is -0.800. The van der Waals surface area contributed by atoms with Crippen LogP contribution in [0.4, 0.5) is 0 Å². The molecule has 1 aliphatic heterocycles. The van der Waals surface area contributed by atoms with Gasteiger partial charge in [0.15, 0.2) is 0 Å². The van der Waals surface area contributed by atoms with E-state index >= 15 is 0 Å². The van der Waals surface area contributed by atoms with Crippen LogP contribution in [0.15, 0.2) is 22.8 Å². The van der Waals surface area contributed by atoms with Gasteiger partial charge in [-0.25, -0.2) is 0 Å². The van der Waals surface area contributed by atoms with E-state index in [1.54, 1.807) is 6.26 Å². The van der Waals surface area contributed by atoms with Crippen LogP contribution in [-0.2, 0) is 6.54 Å². The highest BCUT2D eigenvalue weighted by molar-refractivity contribution is 5.04. The lowest BCUT2D eigenvalue weighted by atomic mass is 9.78. The molecule has 3 nitrogen and oxygen atoms in total. The summed E-state index contributed by atoms with van der Waals surface area (Å²) in [6.45, 7) is 7.93. The van der Waals surface area contributed by atoms with Crippen molar-refractivity contribution >= 4 is 0 Å². The predicted octanol–water partition coefficient (Wildman–Crippen LogP) is 3.41. The van der Waals surface area contributed by atoms with Gasteiger partial charge in [0.2, 0.25) is 0 Å². The zero-order valence-corrected chi connectivity index (χ0v) is 12.9. The van der Waals surface area contributed by atoms with E-state index in [0.717, 1.165) is 18.8 Å². The van der Waals surface area contributed by atoms with Gasteiger partial charge >= 0.3 is 0 Å². The van der Waals surface area contributed by atoms with E-state index in [4.69, 9.17) is 4.42 Å². The Labute approximate surface area is 122 Å². The molecule has 3 rings (SSSR count). The lowest BCUT2D eigenvalue weighted by Crippen LogP contribution is -2.65. The molecule has 0 radical (unpaired) electrons. The number of hydrogen-bond donors (Lipinski definition) is 1. The van der Waals surface area contributed by atoms with E-state index in [1.165, 1.54) is 38.6 Å². The summed E-state index contributed by atoms with van der Waals surface area (Å²) >= 11 is 0. The van der Waals surface area contributed by atoms with Crippen molar-refractivity contribution in [3.63, 3.8) is 0 Å². The molecule has 3 heteroatoms. The molecule has 1 unspecified atom stereocenters. The highest BCUT2D eigenvalue weighted by Gasteiger charge is 2.40. The van der Waals surface area contributed by atoms with E-state index in [0.29, 0.717) is 17.5 Å². The third-order valence-corrected chi connectivity index (χ3v) is 5.18. The molecule has 112 valence electrons. The van der Waals surface area contributed by atoms with Crippen LogP contribution in [0.25, 0.3) is 0 Å². The number of nitrogens with one attached hydrogen (secondary N) is 1. The second-order valence-corrected chi connectivity index (χ2v) is 7.02. The fourth-order valence-corrected chi connectivity index (χ4v) is 4.01. The average molecular weight is 276 g/mol. The number of hydrogen-bond acceptors (Lipinski definition) is 3. The number of furan rings is 1. The molecule has 20 heavy (non-hydrogen) atoms. The van der Waals surface area contributed by atoms with Crippen LogP contribution in [0.3, 0.4) is 0 Å². The van der Waals surface area contributed by atoms with E-state index < -0.39 is 0 Å². The van der Waals surface area contributed by atoms with Gasteiger partial charge in [0.05, 0.1) is 12.8 Å². The summed E-state index contributed by atoms with van der Waals surface area (Å²) in [5, 5.41) is 3.90. The van der Waals surface area contributed by atoms with Gasteiger partial charge in [0.25, 0.3) is 0 Å². The molecule has 1 aromatic rings. The Bertz CT molecular complexity index is 407. The largest absolute Gasteiger partial charge is 0.468 e. The molecule has 1 saturated heterocycles. The van der Waals surface area contributed by atoms with Gasteiger partial charge in [-0.15, -0.1) is 0 Å². The third kappa shape index (κ3) is 2.94. The fraction of sp³-hybridized carbons (Fsp3) is 0.765. The molecule has 1 spiro atoms. The maximum atomic E-state index is 5.58. The summed E-state index contributed by atoms with van der Waals surface area (Å²) in [6, 6.07) is 4.72. The van der Waals surface area contributed by atoms with Crippen molar-refractivity contribution in [2.75, 3.05) is 13.1 Å². The molecule has 2 fully saturated rings. The van der Waals surface area contributed by atoms with E-state index in [2.05, 4.69) is 30.1 Å². The molecule has 1 atom stereocenters. The average Bonchev–Trinajstić information content (AvgIpc) is 2.92. The topological polar surface area (TPSA) is 28.4 Å². The molecular weight excluding hydrogens is 248 g/mol. The Morgan fingerprint density at radius 2 is 2.15 bits per heavy atom. The summed E-state index contributed by atoms with van der Waals surface area (Å²) in [5.41, 5.74) is 0.371. The van der Waals surface area contributed by atoms with Gasteiger partial charge in [-0.2, -0.15) is 0 Å². The Balaban J connectivity index is 1.73. The van der Waals surface area contributed by atoms with Crippen molar-refractivity contribution in [1.82, 2.24) is 10.2 Å². The molecule has 1 aliphatic carbocycles. The van der Waals surface area contributed by atoms with Crippen LogP contribution >= 0.6 is 0 Å². The van der Waals surface area contributed by atoms with Crippen molar-refractivity contribution < 1.29 is 4.42 Å². The molecule has 2 aliphatic rings. The van der Waals surface area contributed by atoms with E-state index in [9.17, 15) is 0 Å². The van der Waals surface area contributed by atoms with Crippen molar-refractivity contribution in [3.8, 4) is 0 Å². The van der Waals surface area contributed by atoms with Crippen LogP contribution in [0.2, 0.25) is 0 Å². The van der Waals surface area contributed by atoms with Crippen LogP contribution in [0, 0.1) is 5.92 Å². The second-order valence-electron chi connectivity index (χ2n) is 7.02. The zero-order chi connectivity index (χ0) is 14.0. The van der Waals surface area contributed by atoms with E-state index in [1.807, 2.05) is 6.07 Å².